The second-order valence-electron chi connectivity index (χ2n) is 8.05. The highest BCUT2D eigenvalue weighted by molar-refractivity contribution is 6.06. The zero-order valence-electron chi connectivity index (χ0n) is 19.3. The van der Waals surface area contributed by atoms with Crippen molar-refractivity contribution in [3.05, 3.63) is 58.6 Å². The van der Waals surface area contributed by atoms with Crippen molar-refractivity contribution in [1.82, 2.24) is 24.1 Å². The van der Waals surface area contributed by atoms with E-state index < -0.39 is 0 Å². The fourth-order valence-electron chi connectivity index (χ4n) is 4.31. The summed E-state index contributed by atoms with van der Waals surface area (Å²) in [6, 6.07) is 13.1. The quantitative estimate of drug-likeness (QED) is 0.395. The van der Waals surface area contributed by atoms with Gasteiger partial charge in [0.05, 0.1) is 30.9 Å². The van der Waals surface area contributed by atoms with Gasteiger partial charge in [-0.05, 0) is 44.5 Å². The third-order valence-electron chi connectivity index (χ3n) is 6.14. The van der Waals surface area contributed by atoms with Crippen LogP contribution in [0.2, 0.25) is 0 Å². The number of methoxy groups -OCH3 is 2. The van der Waals surface area contributed by atoms with E-state index in [0.717, 1.165) is 17.5 Å². The van der Waals surface area contributed by atoms with Gasteiger partial charge >= 0.3 is 0 Å². The van der Waals surface area contributed by atoms with Gasteiger partial charge in [0.25, 0.3) is 5.56 Å². The van der Waals surface area contributed by atoms with E-state index in [1.54, 1.807) is 18.8 Å². The normalized spacial score (nSPS) is 12.5. The molecule has 0 amide bonds. The minimum Gasteiger partial charge on any atom is -0.497 e. The molecule has 5 rings (SSSR count). The van der Waals surface area contributed by atoms with Crippen molar-refractivity contribution in [1.29, 1.82) is 0 Å². The van der Waals surface area contributed by atoms with E-state index in [4.69, 9.17) is 24.4 Å². The zero-order valence-corrected chi connectivity index (χ0v) is 19.3. The van der Waals surface area contributed by atoms with Crippen LogP contribution in [-0.4, -0.2) is 38.3 Å². The van der Waals surface area contributed by atoms with Crippen LogP contribution in [-0.2, 0) is 0 Å². The Labute approximate surface area is 190 Å². The van der Waals surface area contributed by atoms with E-state index in [9.17, 15) is 4.79 Å². The van der Waals surface area contributed by atoms with E-state index in [2.05, 4.69) is 6.92 Å². The van der Waals surface area contributed by atoms with Crippen molar-refractivity contribution in [2.75, 3.05) is 14.2 Å². The van der Waals surface area contributed by atoms with Gasteiger partial charge in [-0.1, -0.05) is 19.1 Å². The fourth-order valence-corrected chi connectivity index (χ4v) is 4.31. The third-order valence-corrected chi connectivity index (χ3v) is 6.14. The van der Waals surface area contributed by atoms with Gasteiger partial charge in [0, 0.05) is 12.1 Å². The van der Waals surface area contributed by atoms with Crippen molar-refractivity contribution >= 4 is 33.2 Å². The first-order valence-corrected chi connectivity index (χ1v) is 10.9. The number of benzene rings is 2. The average molecular weight is 444 g/mol. The van der Waals surface area contributed by atoms with E-state index in [1.165, 1.54) is 0 Å². The van der Waals surface area contributed by atoms with E-state index >= 15 is 0 Å². The van der Waals surface area contributed by atoms with Crippen LogP contribution >= 0.6 is 0 Å². The number of nitrogens with zero attached hydrogens (tertiary/aromatic N) is 5. The summed E-state index contributed by atoms with van der Waals surface area (Å²) in [6.45, 7) is 5.93. The number of aryl methyl sites for hydroxylation is 1. The minimum absolute atomic E-state index is 0.00701. The Morgan fingerprint density at radius 1 is 0.970 bits per heavy atom. The monoisotopic (exact) mass is 443 g/mol. The van der Waals surface area contributed by atoms with Gasteiger partial charge in [0.15, 0.2) is 11.3 Å². The summed E-state index contributed by atoms with van der Waals surface area (Å²) in [6.07, 6.45) is 0.810. The van der Waals surface area contributed by atoms with Crippen LogP contribution in [0.3, 0.4) is 0 Å². The van der Waals surface area contributed by atoms with Gasteiger partial charge in [-0.25, -0.2) is 15.0 Å². The Morgan fingerprint density at radius 3 is 2.36 bits per heavy atom. The van der Waals surface area contributed by atoms with Crippen LogP contribution in [0, 0.1) is 6.92 Å². The molecule has 0 aliphatic rings. The van der Waals surface area contributed by atoms with Crippen molar-refractivity contribution in [3.63, 3.8) is 0 Å². The number of aromatic nitrogens is 5. The molecular formula is C25H25N5O3. The molecule has 3 heterocycles. The summed E-state index contributed by atoms with van der Waals surface area (Å²) in [5.74, 6) is 1.90. The van der Waals surface area contributed by atoms with Gasteiger partial charge < -0.3 is 9.47 Å². The third kappa shape index (κ3) is 3.13. The largest absolute Gasteiger partial charge is 0.497 e. The number of fused-ring (bicyclic) bond motifs is 4. The van der Waals surface area contributed by atoms with Crippen LogP contribution in [0.1, 0.15) is 32.1 Å². The summed E-state index contributed by atoms with van der Waals surface area (Å²) in [5, 5.41) is 0.444. The number of rotatable bonds is 5. The van der Waals surface area contributed by atoms with Gasteiger partial charge in [-0.2, -0.15) is 0 Å². The molecule has 33 heavy (non-hydrogen) atoms. The zero-order chi connectivity index (χ0) is 23.3. The lowest BCUT2D eigenvalue weighted by molar-refractivity contribution is 0.402. The SMILES string of the molecule is CCC(C)n1c(C)nc2c(c1=O)c1nc3ccccc3nc1n2-c1cc(OC)ccc1OC. The van der Waals surface area contributed by atoms with Gasteiger partial charge in [-0.15, -0.1) is 0 Å². The topological polar surface area (TPSA) is 84.1 Å². The van der Waals surface area contributed by atoms with Crippen LogP contribution in [0.5, 0.6) is 11.5 Å². The molecule has 0 aliphatic heterocycles. The molecule has 8 nitrogen and oxygen atoms in total. The number of ether oxygens (including phenoxy) is 2. The summed E-state index contributed by atoms with van der Waals surface area (Å²) in [7, 11) is 3.22. The number of hydrogen-bond donors (Lipinski definition) is 0. The molecule has 1 unspecified atom stereocenters. The summed E-state index contributed by atoms with van der Waals surface area (Å²) in [4.78, 5) is 28.5. The first-order valence-electron chi connectivity index (χ1n) is 10.9. The maximum Gasteiger partial charge on any atom is 0.265 e. The molecule has 0 fully saturated rings. The Hall–Kier alpha value is -3.94. The Balaban J connectivity index is 2.03. The van der Waals surface area contributed by atoms with Crippen molar-refractivity contribution in [3.8, 4) is 17.2 Å². The molecule has 0 bridgehead atoms. The maximum atomic E-state index is 13.8. The lowest BCUT2D eigenvalue weighted by Gasteiger charge is -2.17. The van der Waals surface area contributed by atoms with Gasteiger partial charge in [0.2, 0.25) is 0 Å². The number of hydrogen-bond acceptors (Lipinski definition) is 6. The van der Waals surface area contributed by atoms with Crippen molar-refractivity contribution in [2.24, 2.45) is 0 Å². The predicted molar refractivity (Wildman–Crippen MR) is 129 cm³/mol. The van der Waals surface area contributed by atoms with Crippen LogP contribution in [0.25, 0.3) is 38.9 Å². The molecule has 1 atom stereocenters. The second-order valence-corrected chi connectivity index (χ2v) is 8.05. The first kappa shape index (κ1) is 20.9. The molecule has 0 saturated heterocycles. The molecule has 0 aliphatic carbocycles. The molecule has 3 aromatic heterocycles. The molecule has 8 heteroatoms. The average Bonchev–Trinajstić information content (AvgIpc) is 3.14. The molecule has 0 saturated carbocycles. The highest BCUT2D eigenvalue weighted by atomic mass is 16.5. The summed E-state index contributed by atoms with van der Waals surface area (Å²) >= 11 is 0. The molecular weight excluding hydrogens is 418 g/mol. The van der Waals surface area contributed by atoms with Gasteiger partial charge in [0.1, 0.15) is 28.2 Å². The maximum absolute atomic E-state index is 13.8. The van der Waals surface area contributed by atoms with E-state index in [-0.39, 0.29) is 11.6 Å². The molecule has 2 aromatic carbocycles. The van der Waals surface area contributed by atoms with E-state index in [1.807, 2.05) is 60.9 Å². The molecule has 168 valence electrons. The minimum atomic E-state index is -0.123. The summed E-state index contributed by atoms with van der Waals surface area (Å²) in [5.41, 5.74) is 3.56. The Morgan fingerprint density at radius 2 is 1.70 bits per heavy atom. The molecule has 5 aromatic rings. The van der Waals surface area contributed by atoms with Crippen molar-refractivity contribution < 1.29 is 9.47 Å². The summed E-state index contributed by atoms with van der Waals surface area (Å²) < 4.78 is 14.7. The molecule has 0 spiro atoms. The molecule has 0 radical (unpaired) electrons. The standard InChI is InChI=1S/C25H25N5O3/c1-6-14(2)29-15(3)26-23-21(25(29)31)22-24(28-18-10-8-7-9-17(18)27-22)30(23)19-13-16(32-4)11-12-20(19)33-5/h7-14H,6H2,1-5H3. The predicted octanol–water partition coefficient (Wildman–Crippen LogP) is 4.58. The first-order chi connectivity index (χ1) is 16.0. The van der Waals surface area contributed by atoms with Crippen molar-refractivity contribution in [2.45, 2.75) is 33.2 Å². The fraction of sp³-hybridized carbons (Fsp3) is 0.280. The lowest BCUT2D eigenvalue weighted by Crippen LogP contribution is -2.26. The highest BCUT2D eigenvalue weighted by Crippen LogP contribution is 2.35. The van der Waals surface area contributed by atoms with Gasteiger partial charge in [-0.3, -0.25) is 13.9 Å². The molecule has 0 N–H and O–H groups in total. The van der Waals surface area contributed by atoms with Crippen LogP contribution < -0.4 is 15.0 Å². The Bertz CT molecular complexity index is 1580. The second kappa shape index (κ2) is 7.88. The van der Waals surface area contributed by atoms with Crippen LogP contribution in [0.4, 0.5) is 0 Å². The van der Waals surface area contributed by atoms with E-state index in [0.29, 0.717) is 45.2 Å². The number of para-hydroxylation sites is 2. The Kier molecular flexibility index (Phi) is 5.00. The highest BCUT2D eigenvalue weighted by Gasteiger charge is 2.25. The van der Waals surface area contributed by atoms with Crippen LogP contribution in [0.15, 0.2) is 47.3 Å². The smallest absolute Gasteiger partial charge is 0.265 e. The lowest BCUT2D eigenvalue weighted by atomic mass is 10.2.